The number of anilines is 1. The first kappa shape index (κ1) is 19.4. The molecule has 1 amide bonds. The van der Waals surface area contributed by atoms with Crippen molar-refractivity contribution in [3.8, 4) is 0 Å². The summed E-state index contributed by atoms with van der Waals surface area (Å²) in [7, 11) is -2.14. The van der Waals surface area contributed by atoms with E-state index in [1.807, 2.05) is 0 Å². The Hall–Kier alpha value is -2.33. The monoisotopic (exact) mass is 405 g/mol. The van der Waals surface area contributed by atoms with Crippen LogP contribution >= 0.6 is 11.3 Å². The third kappa shape index (κ3) is 4.69. The zero-order valence-electron chi connectivity index (χ0n) is 14.8. The molecule has 1 aromatic heterocycles. The summed E-state index contributed by atoms with van der Waals surface area (Å²) in [5, 5.41) is 2.76. The second kappa shape index (κ2) is 8.13. The van der Waals surface area contributed by atoms with Gasteiger partial charge in [-0.3, -0.25) is 4.79 Å². The van der Waals surface area contributed by atoms with Crippen molar-refractivity contribution >= 4 is 43.2 Å². The molecule has 2 aromatic carbocycles. The van der Waals surface area contributed by atoms with E-state index in [9.17, 15) is 13.2 Å². The fourth-order valence-electron chi connectivity index (χ4n) is 2.53. The number of rotatable bonds is 7. The number of nitrogens with zero attached hydrogens (tertiary/aromatic N) is 1. The molecule has 0 aliphatic rings. The molecule has 2 N–H and O–H groups in total. The number of hydrogen-bond acceptors (Lipinski definition) is 6. The summed E-state index contributed by atoms with van der Waals surface area (Å²) >= 11 is 1.46. The summed E-state index contributed by atoms with van der Waals surface area (Å²) < 4.78 is 33.0. The van der Waals surface area contributed by atoms with Crippen LogP contribution in [0.2, 0.25) is 0 Å². The number of fused-ring (bicyclic) bond motifs is 1. The van der Waals surface area contributed by atoms with Crippen LogP contribution in [-0.2, 0) is 14.8 Å². The fraction of sp³-hybridized carbons (Fsp3) is 0.222. The summed E-state index contributed by atoms with van der Waals surface area (Å²) in [6, 6.07) is 10.9. The van der Waals surface area contributed by atoms with E-state index in [0.29, 0.717) is 11.3 Å². The molecule has 1 atom stereocenters. The van der Waals surface area contributed by atoms with Crippen molar-refractivity contribution < 1.29 is 17.9 Å². The SMILES string of the molecule is COC[C@@H](C)NS(=O)(=O)c1ccc(NC(=O)c2ccc3ncsc3c2)cc1. The molecule has 3 rings (SSSR count). The Morgan fingerprint density at radius 2 is 1.96 bits per heavy atom. The zero-order chi connectivity index (χ0) is 19.4. The lowest BCUT2D eigenvalue weighted by molar-refractivity contribution is 0.102. The lowest BCUT2D eigenvalue weighted by atomic mass is 10.2. The minimum Gasteiger partial charge on any atom is -0.383 e. The topological polar surface area (TPSA) is 97.4 Å². The average Bonchev–Trinajstić information content (AvgIpc) is 3.09. The number of benzene rings is 2. The number of carbonyl (C=O) groups is 1. The van der Waals surface area contributed by atoms with E-state index in [1.54, 1.807) is 42.8 Å². The van der Waals surface area contributed by atoms with Gasteiger partial charge in [0.15, 0.2) is 0 Å². The van der Waals surface area contributed by atoms with Crippen LogP contribution < -0.4 is 10.0 Å². The first-order valence-corrected chi connectivity index (χ1v) is 10.5. The Bertz CT molecular complexity index is 1050. The number of ether oxygens (including phenoxy) is 1. The van der Waals surface area contributed by atoms with Crippen LogP contribution in [0, 0.1) is 0 Å². The normalized spacial score (nSPS) is 12.8. The van der Waals surface area contributed by atoms with Gasteiger partial charge in [0.25, 0.3) is 5.91 Å². The van der Waals surface area contributed by atoms with E-state index in [2.05, 4.69) is 15.0 Å². The Morgan fingerprint density at radius 1 is 1.22 bits per heavy atom. The maximum Gasteiger partial charge on any atom is 0.255 e. The first-order valence-electron chi connectivity index (χ1n) is 8.15. The predicted molar refractivity (Wildman–Crippen MR) is 106 cm³/mol. The standard InChI is InChI=1S/C18H19N3O4S2/c1-12(10-25-2)21-27(23,24)15-6-4-14(5-7-15)20-18(22)13-3-8-16-17(9-13)26-11-19-16/h3-9,11-12,21H,10H2,1-2H3,(H,20,22)/t12-/m1/s1. The molecule has 0 spiro atoms. The van der Waals surface area contributed by atoms with E-state index in [4.69, 9.17) is 4.74 Å². The number of amides is 1. The van der Waals surface area contributed by atoms with E-state index in [-0.39, 0.29) is 23.5 Å². The molecule has 0 aliphatic carbocycles. The Morgan fingerprint density at radius 3 is 2.67 bits per heavy atom. The molecule has 7 nitrogen and oxygen atoms in total. The van der Waals surface area contributed by atoms with Gasteiger partial charge < -0.3 is 10.1 Å². The van der Waals surface area contributed by atoms with Crippen LogP contribution in [0.5, 0.6) is 0 Å². The van der Waals surface area contributed by atoms with Crippen molar-refractivity contribution in [3.63, 3.8) is 0 Å². The molecule has 142 valence electrons. The molecule has 0 fully saturated rings. The van der Waals surface area contributed by atoms with Gasteiger partial charge in [-0.25, -0.2) is 18.1 Å². The molecular formula is C18H19N3O4S2. The van der Waals surface area contributed by atoms with Crippen LogP contribution in [0.3, 0.4) is 0 Å². The van der Waals surface area contributed by atoms with Gasteiger partial charge in [0.2, 0.25) is 10.0 Å². The smallest absolute Gasteiger partial charge is 0.255 e. The van der Waals surface area contributed by atoms with Gasteiger partial charge in [-0.05, 0) is 49.4 Å². The second-order valence-electron chi connectivity index (χ2n) is 5.99. The molecule has 0 saturated carbocycles. The highest BCUT2D eigenvalue weighted by atomic mass is 32.2. The molecule has 27 heavy (non-hydrogen) atoms. The molecular weight excluding hydrogens is 386 g/mol. The number of nitrogens with one attached hydrogen (secondary N) is 2. The second-order valence-corrected chi connectivity index (χ2v) is 8.59. The molecule has 9 heteroatoms. The van der Waals surface area contributed by atoms with Crippen LogP contribution in [0.1, 0.15) is 17.3 Å². The van der Waals surface area contributed by atoms with E-state index < -0.39 is 10.0 Å². The number of sulfonamides is 1. The zero-order valence-corrected chi connectivity index (χ0v) is 16.4. The third-order valence-electron chi connectivity index (χ3n) is 3.79. The highest BCUT2D eigenvalue weighted by Gasteiger charge is 2.17. The molecule has 0 bridgehead atoms. The van der Waals surface area contributed by atoms with Crippen molar-refractivity contribution in [1.82, 2.24) is 9.71 Å². The lowest BCUT2D eigenvalue weighted by Crippen LogP contribution is -2.35. The Kier molecular flexibility index (Phi) is 5.85. The molecule has 0 radical (unpaired) electrons. The maximum absolute atomic E-state index is 12.4. The molecule has 0 unspecified atom stereocenters. The highest BCUT2D eigenvalue weighted by Crippen LogP contribution is 2.20. The number of aromatic nitrogens is 1. The fourth-order valence-corrected chi connectivity index (χ4v) is 4.48. The highest BCUT2D eigenvalue weighted by molar-refractivity contribution is 7.89. The van der Waals surface area contributed by atoms with Crippen LogP contribution in [0.25, 0.3) is 10.2 Å². The summed E-state index contributed by atoms with van der Waals surface area (Å²) in [4.78, 5) is 16.7. The average molecular weight is 406 g/mol. The van der Waals surface area contributed by atoms with Gasteiger partial charge in [0.05, 0.1) is 27.2 Å². The van der Waals surface area contributed by atoms with Crippen molar-refractivity contribution in [2.24, 2.45) is 0 Å². The number of hydrogen-bond donors (Lipinski definition) is 2. The van der Waals surface area contributed by atoms with Gasteiger partial charge in [0.1, 0.15) is 0 Å². The summed E-state index contributed by atoms with van der Waals surface area (Å²) in [5.41, 5.74) is 3.60. The maximum atomic E-state index is 12.4. The van der Waals surface area contributed by atoms with Crippen LogP contribution in [0.15, 0.2) is 52.9 Å². The Labute approximate surface area is 161 Å². The van der Waals surface area contributed by atoms with E-state index >= 15 is 0 Å². The van der Waals surface area contributed by atoms with Gasteiger partial charge in [0, 0.05) is 24.4 Å². The van der Waals surface area contributed by atoms with Crippen LogP contribution in [-0.4, -0.2) is 39.1 Å². The minimum absolute atomic E-state index is 0.120. The summed E-state index contributed by atoms with van der Waals surface area (Å²) in [6.45, 7) is 1.99. The van der Waals surface area contributed by atoms with Gasteiger partial charge in [-0.2, -0.15) is 0 Å². The lowest BCUT2D eigenvalue weighted by Gasteiger charge is -2.13. The van der Waals surface area contributed by atoms with Gasteiger partial charge in [-0.15, -0.1) is 11.3 Å². The largest absolute Gasteiger partial charge is 0.383 e. The molecule has 0 aliphatic heterocycles. The van der Waals surface area contributed by atoms with Crippen molar-refractivity contribution in [3.05, 3.63) is 53.5 Å². The first-order chi connectivity index (χ1) is 12.9. The summed E-state index contributed by atoms with van der Waals surface area (Å²) in [5.74, 6) is -0.271. The number of thiazole rings is 1. The number of methoxy groups -OCH3 is 1. The van der Waals surface area contributed by atoms with Crippen molar-refractivity contribution in [2.45, 2.75) is 17.9 Å². The quantitative estimate of drug-likeness (QED) is 0.630. The molecule has 1 heterocycles. The predicted octanol–water partition coefficient (Wildman–Crippen LogP) is 2.86. The third-order valence-corrected chi connectivity index (χ3v) is 6.19. The van der Waals surface area contributed by atoms with E-state index in [1.165, 1.54) is 30.6 Å². The minimum atomic E-state index is -3.65. The van der Waals surface area contributed by atoms with Crippen LogP contribution in [0.4, 0.5) is 5.69 Å². The molecule has 3 aromatic rings. The molecule has 0 saturated heterocycles. The summed E-state index contributed by atoms with van der Waals surface area (Å²) in [6.07, 6.45) is 0. The number of carbonyl (C=O) groups excluding carboxylic acids is 1. The van der Waals surface area contributed by atoms with Gasteiger partial charge >= 0.3 is 0 Å². The van der Waals surface area contributed by atoms with Crippen molar-refractivity contribution in [1.29, 1.82) is 0 Å². The van der Waals surface area contributed by atoms with Crippen molar-refractivity contribution in [2.75, 3.05) is 19.0 Å². The Balaban J connectivity index is 1.70. The van der Waals surface area contributed by atoms with Gasteiger partial charge in [-0.1, -0.05) is 0 Å². The van der Waals surface area contributed by atoms with E-state index in [0.717, 1.165) is 10.2 Å².